The highest BCUT2D eigenvalue weighted by molar-refractivity contribution is 5.94. The molecule has 0 spiro atoms. The molecule has 2 amide bonds. The van der Waals surface area contributed by atoms with E-state index in [-0.39, 0.29) is 11.8 Å². The number of nitrogens with zero attached hydrogens (tertiary/aromatic N) is 2. The molecule has 0 unspecified atom stereocenters. The van der Waals surface area contributed by atoms with Crippen LogP contribution < -0.4 is 5.73 Å². The number of carbonyl (C=O) groups excluding carboxylic acids is 2. The van der Waals surface area contributed by atoms with Gasteiger partial charge in [0.1, 0.15) is 0 Å². The van der Waals surface area contributed by atoms with E-state index < -0.39 is 0 Å². The minimum Gasteiger partial charge on any atom is -0.341 e. The van der Waals surface area contributed by atoms with Gasteiger partial charge in [-0.2, -0.15) is 0 Å². The van der Waals surface area contributed by atoms with Crippen LogP contribution >= 0.6 is 0 Å². The van der Waals surface area contributed by atoms with Gasteiger partial charge in [0.05, 0.1) is 0 Å². The third-order valence-electron chi connectivity index (χ3n) is 3.64. The van der Waals surface area contributed by atoms with Crippen molar-refractivity contribution in [3.8, 4) is 0 Å². The van der Waals surface area contributed by atoms with Crippen LogP contribution in [0.2, 0.25) is 0 Å². The molecule has 1 saturated heterocycles. The number of nitrogens with two attached hydrogens (primary N) is 1. The number of carbonyl (C=O) groups is 2. The van der Waals surface area contributed by atoms with E-state index in [0.717, 1.165) is 18.5 Å². The lowest BCUT2D eigenvalue weighted by Gasteiger charge is -2.21. The molecular weight excluding hydrogens is 254 g/mol. The number of benzene rings is 1. The Hall–Kier alpha value is -1.88. The maximum absolute atomic E-state index is 12.5. The predicted molar refractivity (Wildman–Crippen MR) is 77.1 cm³/mol. The Morgan fingerprint density at radius 2 is 1.85 bits per heavy atom. The summed E-state index contributed by atoms with van der Waals surface area (Å²) in [6.07, 6.45) is 0.821. The van der Waals surface area contributed by atoms with Crippen molar-refractivity contribution in [2.45, 2.75) is 19.9 Å². The lowest BCUT2D eigenvalue weighted by atomic mass is 10.1. The van der Waals surface area contributed by atoms with Gasteiger partial charge in [0.15, 0.2) is 0 Å². The van der Waals surface area contributed by atoms with Crippen molar-refractivity contribution in [1.82, 2.24) is 9.80 Å². The van der Waals surface area contributed by atoms with Gasteiger partial charge in [-0.15, -0.1) is 0 Å². The molecule has 5 nitrogen and oxygen atoms in total. The van der Waals surface area contributed by atoms with Gasteiger partial charge >= 0.3 is 0 Å². The summed E-state index contributed by atoms with van der Waals surface area (Å²) in [6, 6.07) is 7.43. The molecule has 2 N–H and O–H groups in total. The Morgan fingerprint density at radius 1 is 1.15 bits per heavy atom. The first-order valence-electron chi connectivity index (χ1n) is 6.95. The van der Waals surface area contributed by atoms with Crippen LogP contribution in [0.3, 0.4) is 0 Å². The molecule has 1 fully saturated rings. The molecule has 1 aliphatic heterocycles. The first kappa shape index (κ1) is 14.5. The van der Waals surface area contributed by atoms with E-state index in [0.29, 0.717) is 31.7 Å². The largest absolute Gasteiger partial charge is 0.341 e. The van der Waals surface area contributed by atoms with Gasteiger partial charge in [-0.05, 0) is 24.1 Å². The fourth-order valence-electron chi connectivity index (χ4n) is 2.45. The van der Waals surface area contributed by atoms with Crippen LogP contribution in [-0.4, -0.2) is 47.8 Å². The molecule has 0 aliphatic carbocycles. The van der Waals surface area contributed by atoms with Crippen molar-refractivity contribution in [1.29, 1.82) is 0 Å². The summed E-state index contributed by atoms with van der Waals surface area (Å²) in [6.45, 7) is 4.61. The van der Waals surface area contributed by atoms with Crippen molar-refractivity contribution >= 4 is 11.8 Å². The second-order valence-electron chi connectivity index (χ2n) is 5.06. The molecule has 0 saturated carbocycles. The summed E-state index contributed by atoms with van der Waals surface area (Å²) in [5.41, 5.74) is 7.23. The van der Waals surface area contributed by atoms with E-state index in [9.17, 15) is 9.59 Å². The maximum Gasteiger partial charge on any atom is 0.253 e. The van der Waals surface area contributed by atoms with Crippen LogP contribution in [-0.2, 0) is 11.3 Å². The highest BCUT2D eigenvalue weighted by Crippen LogP contribution is 2.11. The number of hydrogen-bond acceptors (Lipinski definition) is 3. The van der Waals surface area contributed by atoms with Crippen LogP contribution in [0, 0.1) is 0 Å². The summed E-state index contributed by atoms with van der Waals surface area (Å²) in [7, 11) is 0. The fourth-order valence-corrected chi connectivity index (χ4v) is 2.45. The molecule has 108 valence electrons. The Labute approximate surface area is 119 Å². The fraction of sp³-hybridized carbons (Fsp3) is 0.467. The van der Waals surface area contributed by atoms with E-state index >= 15 is 0 Å². The van der Waals surface area contributed by atoms with Gasteiger partial charge < -0.3 is 15.5 Å². The number of amides is 2. The molecule has 0 atom stereocenters. The van der Waals surface area contributed by atoms with Gasteiger partial charge in [0, 0.05) is 45.2 Å². The van der Waals surface area contributed by atoms with E-state index in [4.69, 9.17) is 5.73 Å². The van der Waals surface area contributed by atoms with Crippen molar-refractivity contribution in [3.63, 3.8) is 0 Å². The van der Waals surface area contributed by atoms with Gasteiger partial charge in [0.2, 0.25) is 5.91 Å². The zero-order valence-electron chi connectivity index (χ0n) is 11.8. The molecule has 1 aromatic rings. The minimum atomic E-state index is 0.0192. The molecule has 2 rings (SSSR count). The smallest absolute Gasteiger partial charge is 0.253 e. The summed E-state index contributed by atoms with van der Waals surface area (Å²) in [5.74, 6) is 0.0927. The first-order chi connectivity index (χ1) is 9.61. The van der Waals surface area contributed by atoms with Gasteiger partial charge in [-0.3, -0.25) is 9.59 Å². The Bertz CT molecular complexity index is 502. The van der Waals surface area contributed by atoms with Crippen LogP contribution in [0.4, 0.5) is 0 Å². The van der Waals surface area contributed by atoms with Crippen LogP contribution in [0.15, 0.2) is 24.3 Å². The summed E-state index contributed by atoms with van der Waals surface area (Å²) < 4.78 is 0. The molecule has 20 heavy (non-hydrogen) atoms. The second-order valence-corrected chi connectivity index (χ2v) is 5.06. The van der Waals surface area contributed by atoms with Gasteiger partial charge in [-0.25, -0.2) is 0 Å². The highest BCUT2D eigenvalue weighted by Gasteiger charge is 2.21. The zero-order chi connectivity index (χ0) is 14.5. The van der Waals surface area contributed by atoms with Crippen molar-refractivity contribution in [2.24, 2.45) is 5.73 Å². The van der Waals surface area contributed by atoms with Gasteiger partial charge in [-0.1, -0.05) is 12.1 Å². The van der Waals surface area contributed by atoms with Crippen LogP contribution in [0.25, 0.3) is 0 Å². The Balaban J connectivity index is 2.07. The Kier molecular flexibility index (Phi) is 4.74. The predicted octanol–water partition coefficient (Wildman–Crippen LogP) is 0.840. The quantitative estimate of drug-likeness (QED) is 0.869. The monoisotopic (exact) mass is 275 g/mol. The molecule has 0 bridgehead atoms. The third-order valence-corrected chi connectivity index (χ3v) is 3.64. The van der Waals surface area contributed by atoms with Crippen LogP contribution in [0.1, 0.15) is 29.3 Å². The topological polar surface area (TPSA) is 66.6 Å². The minimum absolute atomic E-state index is 0.0192. The third kappa shape index (κ3) is 3.36. The lowest BCUT2D eigenvalue weighted by Crippen LogP contribution is -2.36. The number of rotatable bonds is 2. The average Bonchev–Trinajstić information content (AvgIpc) is 2.72. The van der Waals surface area contributed by atoms with E-state index in [1.54, 1.807) is 11.8 Å². The zero-order valence-corrected chi connectivity index (χ0v) is 11.8. The molecular formula is C15H21N3O2. The van der Waals surface area contributed by atoms with E-state index in [1.807, 2.05) is 29.2 Å². The second kappa shape index (κ2) is 6.52. The Morgan fingerprint density at radius 3 is 2.55 bits per heavy atom. The maximum atomic E-state index is 12.5. The summed E-state index contributed by atoms with van der Waals surface area (Å²) in [4.78, 5) is 27.5. The van der Waals surface area contributed by atoms with Crippen molar-refractivity contribution < 1.29 is 9.59 Å². The molecule has 1 aliphatic rings. The number of hydrogen-bond donors (Lipinski definition) is 1. The molecule has 5 heteroatoms. The standard InChI is InChI=1S/C15H21N3O2/c1-12(19)17-6-3-7-18(9-8-17)15(20)14-5-2-4-13(10-14)11-16/h2,4-5,10H,3,6-9,11,16H2,1H3. The average molecular weight is 275 g/mol. The van der Waals surface area contributed by atoms with E-state index in [1.165, 1.54) is 0 Å². The van der Waals surface area contributed by atoms with E-state index in [2.05, 4.69) is 0 Å². The molecule has 0 radical (unpaired) electrons. The SMILES string of the molecule is CC(=O)N1CCCN(C(=O)c2cccc(CN)c2)CC1. The highest BCUT2D eigenvalue weighted by atomic mass is 16.2. The van der Waals surface area contributed by atoms with Crippen LogP contribution in [0.5, 0.6) is 0 Å². The van der Waals surface area contributed by atoms with Crippen molar-refractivity contribution in [2.75, 3.05) is 26.2 Å². The molecule has 0 aromatic heterocycles. The summed E-state index contributed by atoms with van der Waals surface area (Å²) >= 11 is 0. The first-order valence-corrected chi connectivity index (χ1v) is 6.95. The lowest BCUT2D eigenvalue weighted by molar-refractivity contribution is -0.128. The van der Waals surface area contributed by atoms with Crippen molar-refractivity contribution in [3.05, 3.63) is 35.4 Å². The molecule has 1 aromatic carbocycles. The normalized spacial score (nSPS) is 15.9. The van der Waals surface area contributed by atoms with Gasteiger partial charge in [0.25, 0.3) is 5.91 Å². The summed E-state index contributed by atoms with van der Waals surface area (Å²) in [5, 5.41) is 0. The molecule has 1 heterocycles.